The number of amides is 2. The quantitative estimate of drug-likeness (QED) is 0.808. The highest BCUT2D eigenvalue weighted by atomic mass is 16.5. The summed E-state index contributed by atoms with van der Waals surface area (Å²) >= 11 is 0. The predicted octanol–water partition coefficient (Wildman–Crippen LogP) is -0.0239. The summed E-state index contributed by atoms with van der Waals surface area (Å²) in [6.45, 7) is 1.03. The van der Waals surface area contributed by atoms with E-state index in [-0.39, 0.29) is 6.10 Å². The summed E-state index contributed by atoms with van der Waals surface area (Å²) in [5.74, 6) is -1.12. The molecule has 2 unspecified atom stereocenters. The van der Waals surface area contributed by atoms with Gasteiger partial charge in [-0.3, -0.25) is 4.68 Å². The van der Waals surface area contributed by atoms with Crippen LogP contribution in [-0.4, -0.2) is 58.1 Å². The molecule has 1 aromatic heterocycles. The normalized spacial score (nSPS) is 19.9. The number of nitrogens with one attached hydrogen (secondary N) is 1. The number of hydrogen-bond acceptors (Lipinski definition) is 4. The van der Waals surface area contributed by atoms with Gasteiger partial charge < -0.3 is 20.1 Å². The first-order valence-corrected chi connectivity index (χ1v) is 6.31. The van der Waals surface area contributed by atoms with E-state index in [2.05, 4.69) is 10.4 Å². The molecule has 0 aliphatic carbocycles. The number of aromatic nitrogens is 2. The highest BCUT2D eigenvalue weighted by Crippen LogP contribution is 2.15. The number of aryl methyl sites for hydroxylation is 1. The van der Waals surface area contributed by atoms with Gasteiger partial charge in [-0.2, -0.15) is 5.10 Å². The summed E-state index contributed by atoms with van der Waals surface area (Å²) in [6, 6.07) is -1.50. The molecule has 110 valence electrons. The molecule has 1 saturated heterocycles. The Morgan fingerprint density at radius 1 is 1.60 bits per heavy atom. The van der Waals surface area contributed by atoms with Crippen molar-refractivity contribution in [2.45, 2.75) is 18.6 Å². The summed E-state index contributed by atoms with van der Waals surface area (Å²) in [7, 11) is 3.29. The fourth-order valence-electron chi connectivity index (χ4n) is 2.20. The molecule has 0 saturated carbocycles. The SMILES string of the molecule is COC1CCN(C(=O)NC(C(=O)O)c2cnn(C)c2)C1. The Bertz CT molecular complexity index is 501. The molecule has 2 N–H and O–H groups in total. The van der Waals surface area contributed by atoms with E-state index in [1.165, 1.54) is 10.9 Å². The van der Waals surface area contributed by atoms with Gasteiger partial charge in [-0.25, -0.2) is 9.59 Å². The molecule has 2 atom stereocenters. The van der Waals surface area contributed by atoms with Gasteiger partial charge in [-0.15, -0.1) is 0 Å². The maximum Gasteiger partial charge on any atom is 0.331 e. The van der Waals surface area contributed by atoms with E-state index in [1.807, 2.05) is 0 Å². The zero-order chi connectivity index (χ0) is 14.7. The van der Waals surface area contributed by atoms with Crippen molar-refractivity contribution in [2.24, 2.45) is 7.05 Å². The molecular formula is C12H18N4O4. The van der Waals surface area contributed by atoms with Gasteiger partial charge in [0, 0.05) is 39.0 Å². The minimum Gasteiger partial charge on any atom is -0.479 e. The lowest BCUT2D eigenvalue weighted by Gasteiger charge is -2.20. The van der Waals surface area contributed by atoms with Crippen molar-refractivity contribution >= 4 is 12.0 Å². The molecule has 1 aromatic rings. The second kappa shape index (κ2) is 5.91. The van der Waals surface area contributed by atoms with Crippen LogP contribution in [0.5, 0.6) is 0 Å². The zero-order valence-electron chi connectivity index (χ0n) is 11.4. The van der Waals surface area contributed by atoms with Gasteiger partial charge >= 0.3 is 12.0 Å². The lowest BCUT2D eigenvalue weighted by molar-refractivity contribution is -0.139. The number of ether oxygens (including phenoxy) is 1. The number of urea groups is 1. The van der Waals surface area contributed by atoms with E-state index in [1.54, 1.807) is 25.3 Å². The van der Waals surface area contributed by atoms with E-state index in [9.17, 15) is 14.7 Å². The summed E-state index contributed by atoms with van der Waals surface area (Å²) in [4.78, 5) is 24.9. The summed E-state index contributed by atoms with van der Waals surface area (Å²) < 4.78 is 6.67. The molecule has 0 spiro atoms. The number of rotatable bonds is 4. The zero-order valence-corrected chi connectivity index (χ0v) is 11.4. The van der Waals surface area contributed by atoms with Gasteiger partial charge in [0.1, 0.15) is 0 Å². The van der Waals surface area contributed by atoms with Crippen molar-refractivity contribution in [1.29, 1.82) is 0 Å². The van der Waals surface area contributed by atoms with Crippen molar-refractivity contribution in [3.05, 3.63) is 18.0 Å². The van der Waals surface area contributed by atoms with Crippen LogP contribution in [0.2, 0.25) is 0 Å². The van der Waals surface area contributed by atoms with Crippen LogP contribution in [0.3, 0.4) is 0 Å². The van der Waals surface area contributed by atoms with E-state index >= 15 is 0 Å². The average Bonchev–Trinajstić information content (AvgIpc) is 3.03. The van der Waals surface area contributed by atoms with E-state index < -0.39 is 18.0 Å². The maximum atomic E-state index is 12.1. The van der Waals surface area contributed by atoms with Gasteiger partial charge in [-0.05, 0) is 6.42 Å². The fourth-order valence-corrected chi connectivity index (χ4v) is 2.20. The molecule has 0 radical (unpaired) electrons. The minimum absolute atomic E-state index is 0.0161. The van der Waals surface area contributed by atoms with Crippen LogP contribution in [0.4, 0.5) is 4.79 Å². The van der Waals surface area contributed by atoms with Gasteiger partial charge in [-0.1, -0.05) is 0 Å². The van der Waals surface area contributed by atoms with Crippen molar-refractivity contribution < 1.29 is 19.4 Å². The number of hydrogen-bond donors (Lipinski definition) is 2. The van der Waals surface area contributed by atoms with Gasteiger partial charge in [0.25, 0.3) is 0 Å². The third-order valence-electron chi connectivity index (χ3n) is 3.34. The smallest absolute Gasteiger partial charge is 0.331 e. The molecule has 2 rings (SSSR count). The maximum absolute atomic E-state index is 12.1. The molecular weight excluding hydrogens is 264 g/mol. The van der Waals surface area contributed by atoms with Crippen molar-refractivity contribution in [3.63, 3.8) is 0 Å². The van der Waals surface area contributed by atoms with Crippen LogP contribution >= 0.6 is 0 Å². The Balaban J connectivity index is 2.02. The number of methoxy groups -OCH3 is 1. The standard InChI is InChI=1S/C12H18N4O4/c1-15-6-8(5-13-15)10(11(17)18)14-12(19)16-4-3-9(7-16)20-2/h5-6,9-10H,3-4,7H2,1-2H3,(H,14,19)(H,17,18). The van der Waals surface area contributed by atoms with Gasteiger partial charge in [0.15, 0.2) is 6.04 Å². The third-order valence-corrected chi connectivity index (χ3v) is 3.34. The molecule has 2 amide bonds. The molecule has 0 bridgehead atoms. The van der Waals surface area contributed by atoms with Crippen LogP contribution in [0.1, 0.15) is 18.0 Å². The molecule has 1 aliphatic heterocycles. The lowest BCUT2D eigenvalue weighted by atomic mass is 10.1. The molecule has 8 heteroatoms. The topological polar surface area (TPSA) is 96.7 Å². The molecule has 1 aliphatic rings. The first kappa shape index (κ1) is 14.3. The van der Waals surface area contributed by atoms with Crippen LogP contribution in [-0.2, 0) is 16.6 Å². The Morgan fingerprint density at radius 3 is 2.85 bits per heavy atom. The number of carbonyl (C=O) groups is 2. The summed E-state index contributed by atoms with van der Waals surface area (Å²) in [5.41, 5.74) is 0.441. The largest absolute Gasteiger partial charge is 0.479 e. The number of carbonyl (C=O) groups excluding carboxylic acids is 1. The molecule has 2 heterocycles. The lowest BCUT2D eigenvalue weighted by Crippen LogP contribution is -2.43. The molecule has 1 fully saturated rings. The Morgan fingerprint density at radius 2 is 2.35 bits per heavy atom. The fraction of sp³-hybridized carbons (Fsp3) is 0.583. The van der Waals surface area contributed by atoms with Gasteiger partial charge in [0.05, 0.1) is 12.3 Å². The second-order valence-electron chi connectivity index (χ2n) is 4.76. The van der Waals surface area contributed by atoms with Crippen molar-refractivity contribution in [3.8, 4) is 0 Å². The molecule has 8 nitrogen and oxygen atoms in total. The van der Waals surface area contributed by atoms with Crippen LogP contribution in [0, 0.1) is 0 Å². The van der Waals surface area contributed by atoms with Gasteiger partial charge in [0.2, 0.25) is 0 Å². The van der Waals surface area contributed by atoms with E-state index in [0.717, 1.165) is 6.42 Å². The Hall–Kier alpha value is -2.09. The first-order chi connectivity index (χ1) is 9.51. The molecule has 20 heavy (non-hydrogen) atoms. The highest BCUT2D eigenvalue weighted by Gasteiger charge is 2.30. The monoisotopic (exact) mass is 282 g/mol. The van der Waals surface area contributed by atoms with Crippen molar-refractivity contribution in [2.75, 3.05) is 20.2 Å². The minimum atomic E-state index is -1.12. The summed E-state index contributed by atoms with van der Waals surface area (Å²) in [6.07, 6.45) is 3.78. The van der Waals surface area contributed by atoms with Crippen LogP contribution < -0.4 is 5.32 Å². The average molecular weight is 282 g/mol. The summed E-state index contributed by atoms with van der Waals surface area (Å²) in [5, 5.41) is 15.7. The number of aliphatic carboxylic acids is 1. The van der Waals surface area contributed by atoms with E-state index in [0.29, 0.717) is 18.7 Å². The Kier molecular flexibility index (Phi) is 4.23. The van der Waals surface area contributed by atoms with Crippen molar-refractivity contribution in [1.82, 2.24) is 20.0 Å². The predicted molar refractivity (Wildman–Crippen MR) is 69.1 cm³/mol. The number of nitrogens with zero attached hydrogens (tertiary/aromatic N) is 3. The highest BCUT2D eigenvalue weighted by molar-refractivity contribution is 5.83. The second-order valence-corrected chi connectivity index (χ2v) is 4.76. The number of carboxylic acid groups (broad SMARTS) is 1. The third kappa shape index (κ3) is 3.08. The first-order valence-electron chi connectivity index (χ1n) is 6.31. The molecule has 0 aromatic carbocycles. The number of likely N-dealkylation sites (tertiary alicyclic amines) is 1. The van der Waals surface area contributed by atoms with E-state index in [4.69, 9.17) is 4.74 Å². The van der Waals surface area contributed by atoms with Crippen LogP contribution in [0.15, 0.2) is 12.4 Å². The Labute approximate surface area is 116 Å². The number of carboxylic acids is 1. The van der Waals surface area contributed by atoms with Crippen LogP contribution in [0.25, 0.3) is 0 Å².